The van der Waals surface area contributed by atoms with E-state index in [0.29, 0.717) is 17.6 Å². The Hall–Kier alpha value is -1.38. The van der Waals surface area contributed by atoms with Crippen LogP contribution in [0.1, 0.15) is 70.8 Å². The second-order valence-corrected chi connectivity index (χ2v) is 11.6. The van der Waals surface area contributed by atoms with Crippen LogP contribution in [0.2, 0.25) is 5.02 Å². The van der Waals surface area contributed by atoms with Crippen LogP contribution in [0.4, 0.5) is 0 Å². The van der Waals surface area contributed by atoms with E-state index in [-0.39, 0.29) is 22.9 Å². The number of benzene rings is 1. The van der Waals surface area contributed by atoms with Crippen molar-refractivity contribution in [2.75, 3.05) is 0 Å². The summed E-state index contributed by atoms with van der Waals surface area (Å²) in [6.07, 6.45) is 14.8. The molecule has 1 N–H and O–H groups in total. The zero-order valence-corrected chi connectivity index (χ0v) is 19.6. The molecule has 4 aliphatic rings. The first-order valence-electron chi connectivity index (χ1n) is 12.2. The number of allylic oxidation sites excluding steroid dienone is 2. The van der Waals surface area contributed by atoms with Gasteiger partial charge in [-0.2, -0.15) is 0 Å². The van der Waals surface area contributed by atoms with E-state index in [1.165, 1.54) is 18.4 Å². The maximum atomic E-state index is 13.3. The Kier molecular flexibility index (Phi) is 5.46. The van der Waals surface area contributed by atoms with Crippen LogP contribution in [-0.2, 0) is 4.79 Å². The number of carbonyl (C=O) groups is 1. The quantitative estimate of drug-likeness (QED) is 0.413. The van der Waals surface area contributed by atoms with Gasteiger partial charge in [-0.3, -0.25) is 4.79 Å². The molecule has 3 fully saturated rings. The summed E-state index contributed by atoms with van der Waals surface area (Å²) in [7, 11) is 0. The van der Waals surface area contributed by atoms with Crippen LogP contribution in [0.5, 0.6) is 0 Å². The van der Waals surface area contributed by atoms with E-state index in [4.69, 9.17) is 11.6 Å². The topological polar surface area (TPSA) is 37.3 Å². The lowest BCUT2D eigenvalue weighted by molar-refractivity contribution is -0.124. The van der Waals surface area contributed by atoms with E-state index in [9.17, 15) is 9.90 Å². The van der Waals surface area contributed by atoms with Crippen LogP contribution in [0, 0.1) is 34.5 Å². The standard InChI is InChI=1S/C28H35ClO2/c1-27-15-13-21(30)17-19(27)6-9-22-23-10-11-25(28(23,2)16-14-24(22)27)26(31)12-5-18-3-7-20(29)8-4-18/h3-8,12,21-25,30H,9-11,13-17H2,1-2H3/b12-5+. The largest absolute Gasteiger partial charge is 0.393 e. The van der Waals surface area contributed by atoms with Crippen molar-refractivity contribution in [2.24, 2.45) is 34.5 Å². The van der Waals surface area contributed by atoms with Crippen LogP contribution in [0.25, 0.3) is 6.08 Å². The number of aliphatic hydroxyl groups excluding tert-OH is 1. The summed E-state index contributed by atoms with van der Waals surface area (Å²) in [6, 6.07) is 7.67. The number of aliphatic hydroxyl groups is 1. The summed E-state index contributed by atoms with van der Waals surface area (Å²) in [5.74, 6) is 2.51. The SMILES string of the molecule is CC12CCC(O)CC1=CCC1C2CCC2(C)C(C(=O)/C=C/c3ccc(Cl)cc3)CCC12. The lowest BCUT2D eigenvalue weighted by Crippen LogP contribution is -2.50. The molecular weight excluding hydrogens is 404 g/mol. The first-order valence-corrected chi connectivity index (χ1v) is 12.5. The van der Waals surface area contributed by atoms with Crippen molar-refractivity contribution in [1.82, 2.24) is 0 Å². The molecule has 3 heteroatoms. The maximum absolute atomic E-state index is 13.3. The molecule has 4 aliphatic carbocycles. The molecule has 0 aromatic heterocycles. The zero-order chi connectivity index (χ0) is 21.8. The maximum Gasteiger partial charge on any atom is 0.159 e. The molecule has 166 valence electrons. The first-order chi connectivity index (χ1) is 14.8. The first kappa shape index (κ1) is 21.5. The van der Waals surface area contributed by atoms with Gasteiger partial charge in [-0.05, 0) is 104 Å². The molecular formula is C28H35ClO2. The van der Waals surface area contributed by atoms with E-state index in [1.54, 1.807) is 0 Å². The van der Waals surface area contributed by atoms with Gasteiger partial charge in [-0.1, -0.05) is 55.3 Å². The van der Waals surface area contributed by atoms with Crippen molar-refractivity contribution in [3.8, 4) is 0 Å². The summed E-state index contributed by atoms with van der Waals surface area (Å²) >= 11 is 5.98. The smallest absolute Gasteiger partial charge is 0.159 e. The fourth-order valence-electron chi connectivity index (χ4n) is 7.98. The number of hydrogen-bond acceptors (Lipinski definition) is 2. The Morgan fingerprint density at radius 3 is 2.61 bits per heavy atom. The van der Waals surface area contributed by atoms with Crippen LogP contribution in [0.3, 0.4) is 0 Å². The van der Waals surface area contributed by atoms with Crippen molar-refractivity contribution in [1.29, 1.82) is 0 Å². The van der Waals surface area contributed by atoms with Gasteiger partial charge in [-0.25, -0.2) is 0 Å². The van der Waals surface area contributed by atoms with E-state index < -0.39 is 0 Å². The molecule has 0 amide bonds. The zero-order valence-electron chi connectivity index (χ0n) is 18.8. The molecule has 1 aromatic rings. The van der Waals surface area contributed by atoms with Crippen LogP contribution in [0.15, 0.2) is 42.0 Å². The van der Waals surface area contributed by atoms with E-state index in [2.05, 4.69) is 19.9 Å². The van der Waals surface area contributed by atoms with Gasteiger partial charge in [0.1, 0.15) is 0 Å². The fraction of sp³-hybridized carbons (Fsp3) is 0.607. The lowest BCUT2D eigenvalue weighted by Gasteiger charge is -2.57. The third-order valence-electron chi connectivity index (χ3n) is 9.73. The summed E-state index contributed by atoms with van der Waals surface area (Å²) in [5, 5.41) is 10.9. The highest BCUT2D eigenvalue weighted by atomic mass is 35.5. The second-order valence-electron chi connectivity index (χ2n) is 11.1. The molecule has 0 radical (unpaired) electrons. The van der Waals surface area contributed by atoms with Crippen molar-refractivity contribution in [2.45, 2.75) is 71.3 Å². The normalized spacial score (nSPS) is 41.9. The molecule has 0 bridgehead atoms. The highest BCUT2D eigenvalue weighted by Gasteiger charge is 2.59. The average molecular weight is 439 g/mol. The van der Waals surface area contributed by atoms with Crippen molar-refractivity contribution >= 4 is 23.5 Å². The highest BCUT2D eigenvalue weighted by Crippen LogP contribution is 2.66. The second kappa shape index (κ2) is 7.89. The minimum Gasteiger partial charge on any atom is -0.393 e. The molecule has 7 unspecified atom stereocenters. The molecule has 5 rings (SSSR count). The third-order valence-corrected chi connectivity index (χ3v) is 9.98. The van der Waals surface area contributed by atoms with E-state index in [0.717, 1.165) is 55.0 Å². The Balaban J connectivity index is 1.35. The molecule has 0 heterocycles. The van der Waals surface area contributed by atoms with E-state index >= 15 is 0 Å². The molecule has 3 saturated carbocycles. The number of fused-ring (bicyclic) bond motifs is 5. The molecule has 1 aromatic carbocycles. The lowest BCUT2D eigenvalue weighted by atomic mass is 9.47. The number of carbonyl (C=O) groups excluding carboxylic acids is 1. The van der Waals surface area contributed by atoms with Crippen molar-refractivity contribution in [3.63, 3.8) is 0 Å². The molecule has 0 aliphatic heterocycles. The number of ketones is 1. The van der Waals surface area contributed by atoms with Gasteiger partial charge in [-0.15, -0.1) is 0 Å². The van der Waals surface area contributed by atoms with Crippen LogP contribution >= 0.6 is 11.6 Å². The minimum absolute atomic E-state index is 0.123. The number of hydrogen-bond donors (Lipinski definition) is 1. The Morgan fingerprint density at radius 2 is 1.84 bits per heavy atom. The van der Waals surface area contributed by atoms with Gasteiger partial charge in [0.25, 0.3) is 0 Å². The molecule has 7 atom stereocenters. The summed E-state index contributed by atoms with van der Waals surface area (Å²) < 4.78 is 0. The summed E-state index contributed by atoms with van der Waals surface area (Å²) in [4.78, 5) is 13.3. The number of rotatable bonds is 3. The summed E-state index contributed by atoms with van der Waals surface area (Å²) in [5.41, 5.74) is 2.93. The molecule has 0 spiro atoms. The summed E-state index contributed by atoms with van der Waals surface area (Å²) in [6.45, 7) is 4.88. The predicted octanol–water partition coefficient (Wildman–Crippen LogP) is 6.86. The number of halogens is 1. The Labute approximate surface area is 191 Å². The monoisotopic (exact) mass is 438 g/mol. The van der Waals surface area contributed by atoms with E-state index in [1.807, 2.05) is 36.4 Å². The minimum atomic E-state index is -0.148. The molecule has 0 saturated heterocycles. The molecule has 31 heavy (non-hydrogen) atoms. The average Bonchev–Trinajstić information content (AvgIpc) is 3.11. The van der Waals surface area contributed by atoms with Crippen LogP contribution in [-0.4, -0.2) is 17.0 Å². The van der Waals surface area contributed by atoms with Crippen molar-refractivity contribution < 1.29 is 9.90 Å². The Morgan fingerprint density at radius 1 is 1.06 bits per heavy atom. The third kappa shape index (κ3) is 3.55. The van der Waals surface area contributed by atoms with Crippen molar-refractivity contribution in [3.05, 3.63) is 52.6 Å². The van der Waals surface area contributed by atoms with Gasteiger partial charge in [0.05, 0.1) is 6.10 Å². The predicted molar refractivity (Wildman–Crippen MR) is 127 cm³/mol. The fourth-order valence-corrected chi connectivity index (χ4v) is 8.10. The van der Waals surface area contributed by atoms with Gasteiger partial charge < -0.3 is 5.11 Å². The van der Waals surface area contributed by atoms with Gasteiger partial charge in [0, 0.05) is 10.9 Å². The van der Waals surface area contributed by atoms with Gasteiger partial charge in [0.2, 0.25) is 0 Å². The van der Waals surface area contributed by atoms with Gasteiger partial charge in [0.15, 0.2) is 5.78 Å². The van der Waals surface area contributed by atoms with Crippen LogP contribution < -0.4 is 0 Å². The highest BCUT2D eigenvalue weighted by molar-refractivity contribution is 6.30. The van der Waals surface area contributed by atoms with Gasteiger partial charge >= 0.3 is 0 Å². The Bertz CT molecular complexity index is 915. The molecule has 2 nitrogen and oxygen atoms in total.